The van der Waals surface area contributed by atoms with Gasteiger partial charge in [-0.3, -0.25) is 4.79 Å². The first-order valence-electron chi connectivity index (χ1n) is 6.74. The van der Waals surface area contributed by atoms with Gasteiger partial charge in [0.05, 0.1) is 24.3 Å². The largest absolute Gasteiger partial charge is 0.465 e. The zero-order valence-electron chi connectivity index (χ0n) is 11.8. The summed E-state index contributed by atoms with van der Waals surface area (Å²) in [6.45, 7) is 1.90. The van der Waals surface area contributed by atoms with Gasteiger partial charge in [0.2, 0.25) is 5.91 Å². The molecule has 0 heterocycles. The Morgan fingerprint density at radius 3 is 2.35 bits per heavy atom. The summed E-state index contributed by atoms with van der Waals surface area (Å²) in [5.74, 6) is -0.475. The molecule has 0 radical (unpaired) electrons. The Hall–Kier alpha value is -1.88. The van der Waals surface area contributed by atoms with E-state index >= 15 is 0 Å². The highest BCUT2D eigenvalue weighted by Crippen LogP contribution is 2.30. The molecule has 1 aliphatic carbocycles. The van der Waals surface area contributed by atoms with Crippen LogP contribution >= 0.6 is 0 Å². The van der Waals surface area contributed by atoms with Gasteiger partial charge in [0.15, 0.2) is 0 Å². The van der Waals surface area contributed by atoms with E-state index < -0.39 is 5.54 Å². The van der Waals surface area contributed by atoms with Crippen molar-refractivity contribution >= 4 is 11.9 Å². The van der Waals surface area contributed by atoms with E-state index in [1.165, 1.54) is 7.11 Å². The van der Waals surface area contributed by atoms with Crippen LogP contribution in [0.2, 0.25) is 0 Å². The normalized spacial score (nSPS) is 17.8. The van der Waals surface area contributed by atoms with E-state index in [-0.39, 0.29) is 17.9 Å². The van der Waals surface area contributed by atoms with E-state index in [0.717, 1.165) is 24.8 Å². The number of carbonyl (C=O) groups is 2. The lowest BCUT2D eigenvalue weighted by Gasteiger charge is -2.37. The minimum absolute atomic E-state index is 0.103. The zero-order valence-corrected chi connectivity index (χ0v) is 11.8. The number of methoxy groups -OCH3 is 1. The molecule has 20 heavy (non-hydrogen) atoms. The monoisotopic (exact) mass is 276 g/mol. The Kier molecular flexibility index (Phi) is 4.09. The van der Waals surface area contributed by atoms with Crippen molar-refractivity contribution in [2.75, 3.05) is 7.11 Å². The maximum atomic E-state index is 12.0. The Morgan fingerprint density at radius 2 is 1.90 bits per heavy atom. The number of ether oxygens (including phenoxy) is 1. The van der Waals surface area contributed by atoms with Crippen molar-refractivity contribution in [1.82, 2.24) is 5.32 Å². The minimum atomic E-state index is -0.694. The number of amides is 1. The van der Waals surface area contributed by atoms with Crippen molar-refractivity contribution < 1.29 is 14.3 Å². The maximum Gasteiger partial charge on any atom is 0.337 e. The first-order chi connectivity index (χ1) is 9.46. The highest BCUT2D eigenvalue weighted by Gasteiger charge is 2.40. The smallest absolute Gasteiger partial charge is 0.337 e. The molecule has 2 rings (SSSR count). The van der Waals surface area contributed by atoms with Crippen molar-refractivity contribution in [3.8, 4) is 0 Å². The SMILES string of the molecule is COC(=O)c1ccc(C(C)NC(=O)C2(N)CCC2)cc1. The van der Waals surface area contributed by atoms with Crippen LogP contribution in [0.25, 0.3) is 0 Å². The molecule has 0 aliphatic heterocycles. The summed E-state index contributed by atoms with van der Waals surface area (Å²) < 4.78 is 4.64. The number of rotatable bonds is 4. The Morgan fingerprint density at radius 1 is 1.30 bits per heavy atom. The van der Waals surface area contributed by atoms with Gasteiger partial charge < -0.3 is 15.8 Å². The van der Waals surface area contributed by atoms with Crippen LogP contribution in [0.5, 0.6) is 0 Å². The van der Waals surface area contributed by atoms with Crippen LogP contribution in [0.1, 0.15) is 48.1 Å². The highest BCUT2D eigenvalue weighted by molar-refractivity contribution is 5.89. The number of hydrogen-bond acceptors (Lipinski definition) is 4. The van der Waals surface area contributed by atoms with Crippen molar-refractivity contribution in [1.29, 1.82) is 0 Å². The number of nitrogens with one attached hydrogen (secondary N) is 1. The summed E-state index contributed by atoms with van der Waals surface area (Å²) in [5.41, 5.74) is 6.70. The minimum Gasteiger partial charge on any atom is -0.465 e. The summed E-state index contributed by atoms with van der Waals surface area (Å²) in [5, 5.41) is 2.92. The first-order valence-corrected chi connectivity index (χ1v) is 6.74. The zero-order chi connectivity index (χ0) is 14.8. The third-order valence-electron chi connectivity index (χ3n) is 3.88. The molecule has 1 unspecified atom stereocenters. The van der Waals surface area contributed by atoms with Gasteiger partial charge in [-0.25, -0.2) is 4.79 Å². The van der Waals surface area contributed by atoms with Gasteiger partial charge in [0.25, 0.3) is 0 Å². The molecule has 1 aromatic carbocycles. The molecular weight excluding hydrogens is 256 g/mol. The van der Waals surface area contributed by atoms with Gasteiger partial charge in [0, 0.05) is 0 Å². The molecule has 0 spiro atoms. The van der Waals surface area contributed by atoms with Crippen LogP contribution in [0.3, 0.4) is 0 Å². The predicted octanol–water partition coefficient (Wildman–Crippen LogP) is 1.53. The number of nitrogens with two attached hydrogens (primary N) is 1. The third kappa shape index (κ3) is 2.82. The van der Waals surface area contributed by atoms with E-state index in [4.69, 9.17) is 5.73 Å². The molecule has 1 atom stereocenters. The number of carbonyl (C=O) groups excluding carboxylic acids is 2. The molecule has 1 amide bonds. The third-order valence-corrected chi connectivity index (χ3v) is 3.88. The average molecular weight is 276 g/mol. The molecule has 1 aromatic rings. The second kappa shape index (κ2) is 5.63. The van der Waals surface area contributed by atoms with Gasteiger partial charge >= 0.3 is 5.97 Å². The molecule has 5 heteroatoms. The number of benzene rings is 1. The Balaban J connectivity index is 2.00. The van der Waals surface area contributed by atoms with Gasteiger partial charge in [-0.1, -0.05) is 12.1 Å². The second-order valence-corrected chi connectivity index (χ2v) is 5.32. The van der Waals surface area contributed by atoms with Crippen LogP contribution in [-0.4, -0.2) is 24.5 Å². The molecule has 1 saturated carbocycles. The quantitative estimate of drug-likeness (QED) is 0.817. The summed E-state index contributed by atoms with van der Waals surface area (Å²) >= 11 is 0. The number of hydrogen-bond donors (Lipinski definition) is 2. The van der Waals surface area contributed by atoms with Crippen LogP contribution < -0.4 is 11.1 Å². The first kappa shape index (κ1) is 14.5. The molecule has 0 saturated heterocycles. The molecule has 0 bridgehead atoms. The fourth-order valence-electron chi connectivity index (χ4n) is 2.23. The van der Waals surface area contributed by atoms with Crippen LogP contribution in [0.4, 0.5) is 0 Å². The van der Waals surface area contributed by atoms with E-state index in [1.54, 1.807) is 24.3 Å². The molecule has 0 aromatic heterocycles. The fraction of sp³-hybridized carbons (Fsp3) is 0.467. The summed E-state index contributed by atoms with van der Waals surface area (Å²) in [6.07, 6.45) is 2.49. The fourth-order valence-corrected chi connectivity index (χ4v) is 2.23. The lowest BCUT2D eigenvalue weighted by Crippen LogP contribution is -2.58. The van der Waals surface area contributed by atoms with E-state index in [0.29, 0.717) is 5.56 Å². The maximum absolute atomic E-state index is 12.0. The lowest BCUT2D eigenvalue weighted by atomic mass is 9.77. The van der Waals surface area contributed by atoms with E-state index in [1.807, 2.05) is 6.92 Å². The van der Waals surface area contributed by atoms with Gasteiger partial charge in [-0.15, -0.1) is 0 Å². The van der Waals surface area contributed by atoms with Crippen molar-refractivity contribution in [2.45, 2.75) is 37.8 Å². The molecule has 1 fully saturated rings. The highest BCUT2D eigenvalue weighted by atomic mass is 16.5. The van der Waals surface area contributed by atoms with Crippen LogP contribution in [-0.2, 0) is 9.53 Å². The molecule has 108 valence electrons. The standard InChI is InChI=1S/C15H20N2O3/c1-10(17-14(19)15(16)8-3-9-15)11-4-6-12(7-5-11)13(18)20-2/h4-7,10H,3,8-9,16H2,1-2H3,(H,17,19). The molecule has 1 aliphatic rings. The van der Waals surface area contributed by atoms with Gasteiger partial charge in [-0.05, 0) is 43.9 Å². The van der Waals surface area contributed by atoms with Crippen LogP contribution in [0.15, 0.2) is 24.3 Å². The van der Waals surface area contributed by atoms with E-state index in [9.17, 15) is 9.59 Å². The van der Waals surface area contributed by atoms with Gasteiger partial charge in [0.1, 0.15) is 0 Å². The van der Waals surface area contributed by atoms with Crippen LogP contribution in [0, 0.1) is 0 Å². The Bertz CT molecular complexity index is 506. The summed E-state index contributed by atoms with van der Waals surface area (Å²) in [7, 11) is 1.35. The lowest BCUT2D eigenvalue weighted by molar-refractivity contribution is -0.129. The predicted molar refractivity (Wildman–Crippen MR) is 75.1 cm³/mol. The molecule has 5 nitrogen and oxygen atoms in total. The molecular formula is C15H20N2O3. The summed E-state index contributed by atoms with van der Waals surface area (Å²) in [6, 6.07) is 6.84. The van der Waals surface area contributed by atoms with Crippen molar-refractivity contribution in [2.24, 2.45) is 5.73 Å². The van der Waals surface area contributed by atoms with E-state index in [2.05, 4.69) is 10.1 Å². The Labute approximate surface area is 118 Å². The topological polar surface area (TPSA) is 81.4 Å². The number of esters is 1. The molecule has 3 N–H and O–H groups in total. The second-order valence-electron chi connectivity index (χ2n) is 5.32. The van der Waals surface area contributed by atoms with Gasteiger partial charge in [-0.2, -0.15) is 0 Å². The van der Waals surface area contributed by atoms with Crippen molar-refractivity contribution in [3.63, 3.8) is 0 Å². The van der Waals surface area contributed by atoms with Crippen molar-refractivity contribution in [3.05, 3.63) is 35.4 Å². The average Bonchev–Trinajstić information content (AvgIpc) is 2.43. The summed E-state index contributed by atoms with van der Waals surface area (Å²) in [4.78, 5) is 23.4.